The lowest BCUT2D eigenvalue weighted by Crippen LogP contribution is -2.47. The normalized spacial score (nSPS) is 12.0. The Bertz CT molecular complexity index is 449. The molecule has 0 radical (unpaired) electrons. The Morgan fingerprint density at radius 3 is 2.03 bits per heavy atom. The van der Waals surface area contributed by atoms with E-state index in [-0.39, 0.29) is 18.4 Å². The second-order valence-corrected chi connectivity index (χ2v) is 8.99. The molecule has 0 aliphatic carbocycles. The lowest BCUT2D eigenvalue weighted by molar-refractivity contribution is -0.129. The number of ether oxygens (including phenoxy) is 1. The molecule has 7 nitrogen and oxygen atoms in total. The van der Waals surface area contributed by atoms with E-state index in [1.807, 2.05) is 7.05 Å². The van der Waals surface area contributed by atoms with Crippen LogP contribution in [0.3, 0.4) is 0 Å². The van der Waals surface area contributed by atoms with E-state index in [1.54, 1.807) is 0 Å². The second-order valence-electron chi connectivity index (χ2n) is 8.99. The van der Waals surface area contributed by atoms with Gasteiger partial charge >= 0.3 is 0 Å². The van der Waals surface area contributed by atoms with Crippen LogP contribution < -0.4 is 16.0 Å². The Morgan fingerprint density at radius 2 is 1.42 bits per heavy atom. The van der Waals surface area contributed by atoms with Gasteiger partial charge in [-0.1, -0.05) is 71.1 Å². The van der Waals surface area contributed by atoms with Gasteiger partial charge in [-0.15, -0.1) is 0 Å². The fraction of sp³-hybridized carbons (Fsp3) is 0.923. The van der Waals surface area contributed by atoms with Gasteiger partial charge in [0.15, 0.2) is 0 Å². The first-order valence-corrected chi connectivity index (χ1v) is 13.6. The van der Waals surface area contributed by atoms with Crippen molar-refractivity contribution in [2.45, 2.75) is 116 Å². The van der Waals surface area contributed by atoms with Crippen LogP contribution in [0.25, 0.3) is 0 Å². The number of amides is 2. The van der Waals surface area contributed by atoms with Crippen LogP contribution in [0.4, 0.5) is 0 Å². The standard InChI is InChI=1S/C26H53N3O4/c1-3-4-5-6-7-8-9-10-11-12-13-18-25(31)29-24(17-14-15-19-27-2)26(32)28-20-16-22-33-23-21-30/h24,27,30H,3-23H2,1-2H3,(H,28,32)(H,29,31). The predicted molar refractivity (Wildman–Crippen MR) is 136 cm³/mol. The molecular formula is C26H53N3O4. The van der Waals surface area contributed by atoms with E-state index in [0.717, 1.165) is 32.2 Å². The van der Waals surface area contributed by atoms with Crippen molar-refractivity contribution in [3.8, 4) is 0 Å². The number of rotatable bonds is 25. The number of aliphatic hydroxyl groups excluding tert-OH is 1. The molecule has 0 aromatic heterocycles. The summed E-state index contributed by atoms with van der Waals surface area (Å²) in [6.07, 6.45) is 17.5. The van der Waals surface area contributed by atoms with E-state index in [0.29, 0.717) is 39.0 Å². The lowest BCUT2D eigenvalue weighted by atomic mass is 10.0. The highest BCUT2D eigenvalue weighted by atomic mass is 16.5. The summed E-state index contributed by atoms with van der Waals surface area (Å²) >= 11 is 0. The van der Waals surface area contributed by atoms with Gasteiger partial charge in [0.05, 0.1) is 13.2 Å². The van der Waals surface area contributed by atoms with Crippen molar-refractivity contribution in [3.63, 3.8) is 0 Å². The quantitative estimate of drug-likeness (QED) is 0.150. The van der Waals surface area contributed by atoms with E-state index >= 15 is 0 Å². The fourth-order valence-electron chi connectivity index (χ4n) is 3.81. The third-order valence-corrected chi connectivity index (χ3v) is 5.83. The molecule has 1 unspecified atom stereocenters. The van der Waals surface area contributed by atoms with Crippen molar-refractivity contribution < 1.29 is 19.4 Å². The summed E-state index contributed by atoms with van der Waals surface area (Å²) in [6.45, 7) is 4.48. The molecule has 2 amide bonds. The van der Waals surface area contributed by atoms with E-state index < -0.39 is 6.04 Å². The van der Waals surface area contributed by atoms with Crippen molar-refractivity contribution in [2.24, 2.45) is 0 Å². The van der Waals surface area contributed by atoms with Crippen LogP contribution in [0.5, 0.6) is 0 Å². The van der Waals surface area contributed by atoms with Crippen molar-refractivity contribution >= 4 is 11.8 Å². The summed E-state index contributed by atoms with van der Waals surface area (Å²) in [4.78, 5) is 25.0. The maximum atomic E-state index is 12.6. The molecule has 196 valence electrons. The van der Waals surface area contributed by atoms with Gasteiger partial charge in [0.25, 0.3) is 0 Å². The second kappa shape index (κ2) is 25.4. The highest BCUT2D eigenvalue weighted by molar-refractivity contribution is 5.87. The molecule has 0 rings (SSSR count). The fourth-order valence-corrected chi connectivity index (χ4v) is 3.81. The SMILES string of the molecule is CCCCCCCCCCCCCC(=O)NC(CCCCNC)C(=O)NCCCOCCO. The Hall–Kier alpha value is -1.18. The summed E-state index contributed by atoms with van der Waals surface area (Å²) in [5, 5.41) is 17.7. The molecule has 0 aromatic rings. The largest absolute Gasteiger partial charge is 0.394 e. The summed E-state index contributed by atoms with van der Waals surface area (Å²) in [5.74, 6) is -0.139. The number of unbranched alkanes of at least 4 members (excludes halogenated alkanes) is 11. The van der Waals surface area contributed by atoms with Crippen LogP contribution in [0, 0.1) is 0 Å². The Morgan fingerprint density at radius 1 is 0.788 bits per heavy atom. The van der Waals surface area contributed by atoms with Crippen LogP contribution >= 0.6 is 0 Å². The first-order chi connectivity index (χ1) is 16.2. The number of hydrogen-bond acceptors (Lipinski definition) is 5. The Balaban J connectivity index is 4.01. The van der Waals surface area contributed by atoms with E-state index in [2.05, 4.69) is 22.9 Å². The minimum Gasteiger partial charge on any atom is -0.394 e. The van der Waals surface area contributed by atoms with Gasteiger partial charge in [-0.3, -0.25) is 9.59 Å². The van der Waals surface area contributed by atoms with Gasteiger partial charge in [0.2, 0.25) is 11.8 Å². The van der Waals surface area contributed by atoms with E-state index in [1.165, 1.54) is 57.8 Å². The smallest absolute Gasteiger partial charge is 0.242 e. The minimum absolute atomic E-state index is 0.00616. The van der Waals surface area contributed by atoms with Crippen LogP contribution in [-0.2, 0) is 14.3 Å². The topological polar surface area (TPSA) is 99.7 Å². The van der Waals surface area contributed by atoms with Crippen molar-refractivity contribution in [3.05, 3.63) is 0 Å². The Labute approximate surface area is 203 Å². The van der Waals surface area contributed by atoms with Gasteiger partial charge in [-0.25, -0.2) is 0 Å². The molecule has 7 heteroatoms. The molecular weight excluding hydrogens is 418 g/mol. The number of hydrogen-bond donors (Lipinski definition) is 4. The van der Waals surface area contributed by atoms with E-state index in [9.17, 15) is 9.59 Å². The monoisotopic (exact) mass is 471 g/mol. The van der Waals surface area contributed by atoms with Crippen LogP contribution in [0.15, 0.2) is 0 Å². The first kappa shape index (κ1) is 31.8. The average Bonchev–Trinajstić information content (AvgIpc) is 2.81. The molecule has 0 spiro atoms. The molecule has 0 aromatic carbocycles. The molecule has 4 N–H and O–H groups in total. The van der Waals surface area contributed by atoms with Crippen molar-refractivity contribution in [1.29, 1.82) is 0 Å². The molecule has 0 heterocycles. The summed E-state index contributed by atoms with van der Waals surface area (Å²) in [5.41, 5.74) is 0. The van der Waals surface area contributed by atoms with Gasteiger partial charge in [0, 0.05) is 19.6 Å². The zero-order valence-electron chi connectivity index (χ0n) is 21.6. The maximum absolute atomic E-state index is 12.6. The molecule has 33 heavy (non-hydrogen) atoms. The first-order valence-electron chi connectivity index (χ1n) is 13.6. The third kappa shape index (κ3) is 22.4. The Kier molecular flexibility index (Phi) is 24.5. The number of nitrogens with one attached hydrogen (secondary N) is 3. The maximum Gasteiger partial charge on any atom is 0.242 e. The van der Waals surface area contributed by atoms with E-state index in [4.69, 9.17) is 9.84 Å². The summed E-state index contributed by atoms with van der Waals surface area (Å²) in [6, 6.07) is -0.472. The molecule has 1 atom stereocenters. The van der Waals surface area contributed by atoms with Crippen LogP contribution in [-0.4, -0.2) is 62.9 Å². The number of carbonyl (C=O) groups excluding carboxylic acids is 2. The molecule has 0 fully saturated rings. The van der Waals surface area contributed by atoms with Crippen molar-refractivity contribution in [2.75, 3.05) is 40.0 Å². The summed E-state index contributed by atoms with van der Waals surface area (Å²) in [7, 11) is 1.92. The molecule has 0 aliphatic rings. The predicted octanol–water partition coefficient (Wildman–Crippen LogP) is 4.08. The molecule has 0 saturated heterocycles. The highest BCUT2D eigenvalue weighted by Crippen LogP contribution is 2.12. The van der Waals surface area contributed by atoms with Crippen molar-refractivity contribution in [1.82, 2.24) is 16.0 Å². The number of aliphatic hydroxyl groups is 1. The average molecular weight is 472 g/mol. The zero-order chi connectivity index (χ0) is 24.4. The van der Waals surface area contributed by atoms with Gasteiger partial charge in [-0.05, 0) is 45.7 Å². The number of carbonyl (C=O) groups is 2. The van der Waals surface area contributed by atoms with Crippen LogP contribution in [0.2, 0.25) is 0 Å². The highest BCUT2D eigenvalue weighted by Gasteiger charge is 2.19. The zero-order valence-corrected chi connectivity index (χ0v) is 21.6. The van der Waals surface area contributed by atoms with Gasteiger partial charge in [-0.2, -0.15) is 0 Å². The lowest BCUT2D eigenvalue weighted by Gasteiger charge is -2.18. The van der Waals surface area contributed by atoms with Gasteiger partial charge < -0.3 is 25.8 Å². The molecule has 0 bridgehead atoms. The summed E-state index contributed by atoms with van der Waals surface area (Å²) < 4.78 is 5.21. The third-order valence-electron chi connectivity index (χ3n) is 5.83. The van der Waals surface area contributed by atoms with Gasteiger partial charge in [0.1, 0.15) is 6.04 Å². The minimum atomic E-state index is -0.472. The molecule has 0 aliphatic heterocycles. The van der Waals surface area contributed by atoms with Crippen LogP contribution in [0.1, 0.15) is 110 Å². The molecule has 0 saturated carbocycles.